The van der Waals surface area contributed by atoms with Gasteiger partial charge in [-0.3, -0.25) is 0 Å². The Morgan fingerprint density at radius 2 is 1.80 bits per heavy atom. The minimum absolute atomic E-state index is 0.262. The number of nitrogens with zero attached hydrogens (tertiary/aromatic N) is 1. The molecule has 4 rings (SSSR count). The molecular formula is C19H17Cl2FN2O. The number of oxime groups is 1. The lowest BCUT2D eigenvalue weighted by Gasteiger charge is -2.11. The standard InChI is InChI=1S/C19H17Cl2FN2O/c20-16-6-3-12(7-17(16)21)19(18-14-8-23-9-15(14)18)24-25-10-11-1-4-13(22)5-2-11/h1-7,14-15,18,23H,8-10H2. The van der Waals surface area contributed by atoms with E-state index in [2.05, 4.69) is 10.5 Å². The molecule has 2 unspecified atom stereocenters. The molecule has 2 aromatic carbocycles. The monoisotopic (exact) mass is 378 g/mol. The van der Waals surface area contributed by atoms with Crippen molar-refractivity contribution in [1.82, 2.24) is 5.32 Å². The van der Waals surface area contributed by atoms with Crippen molar-refractivity contribution in [2.24, 2.45) is 22.9 Å². The molecule has 25 heavy (non-hydrogen) atoms. The summed E-state index contributed by atoms with van der Waals surface area (Å²) in [5.74, 6) is 1.32. The molecule has 1 saturated carbocycles. The average Bonchev–Trinajstić information content (AvgIpc) is 3.06. The van der Waals surface area contributed by atoms with Gasteiger partial charge in [0.1, 0.15) is 12.4 Å². The van der Waals surface area contributed by atoms with Gasteiger partial charge in [-0.2, -0.15) is 0 Å². The molecule has 1 N–H and O–H groups in total. The van der Waals surface area contributed by atoms with E-state index >= 15 is 0 Å². The molecule has 2 aliphatic rings. The van der Waals surface area contributed by atoms with Crippen LogP contribution in [0, 0.1) is 23.6 Å². The van der Waals surface area contributed by atoms with Crippen molar-refractivity contribution in [2.75, 3.05) is 13.1 Å². The highest BCUT2D eigenvalue weighted by Gasteiger charge is 2.55. The number of hydrogen-bond donors (Lipinski definition) is 1. The van der Waals surface area contributed by atoms with E-state index in [1.54, 1.807) is 18.2 Å². The summed E-state index contributed by atoms with van der Waals surface area (Å²) in [6.07, 6.45) is 0. The largest absolute Gasteiger partial charge is 0.391 e. The van der Waals surface area contributed by atoms with Crippen molar-refractivity contribution in [3.05, 3.63) is 69.5 Å². The molecule has 0 amide bonds. The van der Waals surface area contributed by atoms with Gasteiger partial charge in [0, 0.05) is 11.5 Å². The second-order valence-corrected chi connectivity index (χ2v) is 7.33. The van der Waals surface area contributed by atoms with Crippen LogP contribution in [0.2, 0.25) is 10.0 Å². The van der Waals surface area contributed by atoms with Gasteiger partial charge >= 0.3 is 0 Å². The second-order valence-electron chi connectivity index (χ2n) is 6.52. The normalized spacial score (nSPS) is 24.9. The van der Waals surface area contributed by atoms with Crippen LogP contribution in [0.25, 0.3) is 0 Å². The molecule has 2 aromatic rings. The Labute approximate surface area is 155 Å². The van der Waals surface area contributed by atoms with Crippen LogP contribution < -0.4 is 5.32 Å². The Morgan fingerprint density at radius 3 is 2.48 bits per heavy atom. The summed E-state index contributed by atoms with van der Waals surface area (Å²) < 4.78 is 13.0. The molecule has 1 aliphatic carbocycles. The first-order valence-corrected chi connectivity index (χ1v) is 8.99. The predicted octanol–water partition coefficient (Wildman–Crippen LogP) is 4.52. The molecule has 1 aliphatic heterocycles. The van der Waals surface area contributed by atoms with Crippen LogP contribution in [0.15, 0.2) is 47.6 Å². The average molecular weight is 379 g/mol. The summed E-state index contributed by atoms with van der Waals surface area (Å²) in [5, 5.41) is 8.84. The molecule has 0 bridgehead atoms. The van der Waals surface area contributed by atoms with Gasteiger partial charge in [-0.25, -0.2) is 4.39 Å². The van der Waals surface area contributed by atoms with Crippen molar-refractivity contribution >= 4 is 28.9 Å². The minimum atomic E-state index is -0.262. The fraction of sp³-hybridized carbons (Fsp3) is 0.316. The summed E-state index contributed by atoms with van der Waals surface area (Å²) in [6, 6.07) is 11.8. The lowest BCUT2D eigenvalue weighted by molar-refractivity contribution is 0.129. The van der Waals surface area contributed by atoms with Gasteiger partial charge in [0.05, 0.1) is 15.8 Å². The van der Waals surface area contributed by atoms with Gasteiger partial charge in [-0.05, 0) is 54.8 Å². The summed E-state index contributed by atoms with van der Waals surface area (Å²) in [7, 11) is 0. The van der Waals surface area contributed by atoms with Gasteiger partial charge in [0.15, 0.2) is 0 Å². The Balaban J connectivity index is 1.54. The first kappa shape index (κ1) is 16.8. The zero-order valence-electron chi connectivity index (χ0n) is 13.4. The number of rotatable bonds is 5. The molecule has 1 saturated heterocycles. The molecule has 130 valence electrons. The van der Waals surface area contributed by atoms with Crippen molar-refractivity contribution < 1.29 is 9.23 Å². The maximum atomic E-state index is 13.0. The van der Waals surface area contributed by atoms with E-state index in [0.29, 0.717) is 34.4 Å². The maximum absolute atomic E-state index is 13.0. The smallest absolute Gasteiger partial charge is 0.142 e. The van der Waals surface area contributed by atoms with Gasteiger partial charge in [-0.15, -0.1) is 0 Å². The number of halogens is 3. The van der Waals surface area contributed by atoms with Crippen LogP contribution in [0.4, 0.5) is 4.39 Å². The number of benzene rings is 2. The van der Waals surface area contributed by atoms with Crippen LogP contribution in [0.5, 0.6) is 0 Å². The molecule has 0 spiro atoms. The third kappa shape index (κ3) is 3.52. The molecule has 0 aromatic heterocycles. The highest BCUT2D eigenvalue weighted by molar-refractivity contribution is 6.42. The molecular weight excluding hydrogens is 362 g/mol. The quantitative estimate of drug-likeness (QED) is 0.612. The Kier molecular flexibility index (Phi) is 4.67. The Hall–Kier alpha value is -1.62. The minimum Gasteiger partial charge on any atom is -0.391 e. The van der Waals surface area contributed by atoms with E-state index in [9.17, 15) is 4.39 Å². The lowest BCUT2D eigenvalue weighted by Crippen LogP contribution is -2.20. The molecule has 3 nitrogen and oxygen atoms in total. The van der Waals surface area contributed by atoms with Crippen LogP contribution in [0.3, 0.4) is 0 Å². The molecule has 1 heterocycles. The summed E-state index contributed by atoms with van der Waals surface area (Å²) in [5.41, 5.74) is 2.72. The van der Waals surface area contributed by atoms with Crippen LogP contribution in [-0.2, 0) is 11.4 Å². The van der Waals surface area contributed by atoms with Crippen molar-refractivity contribution in [3.63, 3.8) is 0 Å². The van der Waals surface area contributed by atoms with Gasteiger partial charge in [0.2, 0.25) is 0 Å². The lowest BCUT2D eigenvalue weighted by atomic mass is 10.0. The fourth-order valence-corrected chi connectivity index (χ4v) is 3.84. The van der Waals surface area contributed by atoms with Crippen LogP contribution in [-0.4, -0.2) is 18.8 Å². The van der Waals surface area contributed by atoms with E-state index < -0.39 is 0 Å². The zero-order valence-corrected chi connectivity index (χ0v) is 14.9. The van der Waals surface area contributed by atoms with E-state index in [1.807, 2.05) is 12.1 Å². The van der Waals surface area contributed by atoms with Crippen LogP contribution in [0.1, 0.15) is 11.1 Å². The summed E-state index contributed by atoms with van der Waals surface area (Å²) in [4.78, 5) is 5.58. The molecule has 2 atom stereocenters. The van der Waals surface area contributed by atoms with Crippen LogP contribution >= 0.6 is 23.2 Å². The third-order valence-corrected chi connectivity index (χ3v) is 5.67. The molecule has 2 fully saturated rings. The Bertz CT molecular complexity index is 800. The number of piperidine rings is 1. The van der Waals surface area contributed by atoms with E-state index in [1.165, 1.54) is 12.1 Å². The van der Waals surface area contributed by atoms with Crippen molar-refractivity contribution in [2.45, 2.75) is 6.61 Å². The maximum Gasteiger partial charge on any atom is 0.142 e. The van der Waals surface area contributed by atoms with Crippen molar-refractivity contribution in [3.8, 4) is 0 Å². The summed E-state index contributed by atoms with van der Waals surface area (Å²) in [6.45, 7) is 2.31. The van der Waals surface area contributed by atoms with E-state index in [4.69, 9.17) is 28.0 Å². The fourth-order valence-electron chi connectivity index (χ4n) is 3.54. The topological polar surface area (TPSA) is 33.6 Å². The number of nitrogens with one attached hydrogen (secondary N) is 1. The second kappa shape index (κ2) is 6.94. The molecule has 6 heteroatoms. The molecule has 0 radical (unpaired) electrons. The van der Waals surface area contributed by atoms with E-state index in [0.717, 1.165) is 29.9 Å². The third-order valence-electron chi connectivity index (χ3n) is 4.93. The highest BCUT2D eigenvalue weighted by atomic mass is 35.5. The Morgan fingerprint density at radius 1 is 1.08 bits per heavy atom. The van der Waals surface area contributed by atoms with Gasteiger partial charge in [0.25, 0.3) is 0 Å². The first-order chi connectivity index (χ1) is 12.1. The summed E-state index contributed by atoms with van der Waals surface area (Å²) >= 11 is 12.2. The first-order valence-electron chi connectivity index (χ1n) is 8.24. The SMILES string of the molecule is Fc1ccc(CON=C(c2ccc(Cl)c(Cl)c2)C2C3CNCC32)cc1. The highest BCUT2D eigenvalue weighted by Crippen LogP contribution is 2.50. The number of fused-ring (bicyclic) bond motifs is 1. The van der Waals surface area contributed by atoms with Gasteiger partial charge < -0.3 is 10.2 Å². The van der Waals surface area contributed by atoms with Gasteiger partial charge in [-0.1, -0.05) is 46.6 Å². The number of hydrogen-bond acceptors (Lipinski definition) is 3. The predicted molar refractivity (Wildman–Crippen MR) is 97.5 cm³/mol. The van der Waals surface area contributed by atoms with Crippen molar-refractivity contribution in [1.29, 1.82) is 0 Å². The zero-order chi connectivity index (χ0) is 17.4. The van der Waals surface area contributed by atoms with E-state index in [-0.39, 0.29) is 5.82 Å².